The highest BCUT2D eigenvalue weighted by Crippen LogP contribution is 2.41. The van der Waals surface area contributed by atoms with E-state index in [1.807, 2.05) is 6.07 Å². The maximum Gasteiger partial charge on any atom is 0.231 e. The molecule has 2 aliphatic heterocycles. The number of thiophene rings is 1. The lowest BCUT2D eigenvalue weighted by atomic mass is 9.74. The molecule has 0 atom stereocenters. The third-order valence-corrected chi connectivity index (χ3v) is 6.18. The second kappa shape index (κ2) is 8.19. The molecule has 2 aliphatic rings. The maximum atomic E-state index is 6.12. The number of aliphatic imine (C=N–C) groups is 1. The fourth-order valence-corrected chi connectivity index (χ4v) is 4.30. The first kappa shape index (κ1) is 18.1. The standard InChI is InChI=1S/C20H25N3O3S/c21-19(22-8-5-16-2-1-11-27-16)23-13-20(6-9-24-10-7-20)15-3-4-17-18(12-15)26-14-25-17/h1-4,11-12H,5-10,13-14H2,(H3,21,22,23). The molecule has 6 nitrogen and oxygen atoms in total. The number of guanidine groups is 1. The molecule has 0 unspecified atom stereocenters. The zero-order valence-corrected chi connectivity index (χ0v) is 16.1. The highest BCUT2D eigenvalue weighted by atomic mass is 32.1. The van der Waals surface area contributed by atoms with Gasteiger partial charge in [-0.25, -0.2) is 0 Å². The van der Waals surface area contributed by atoms with E-state index in [1.165, 1.54) is 10.4 Å². The van der Waals surface area contributed by atoms with Crippen LogP contribution in [0.5, 0.6) is 11.5 Å². The van der Waals surface area contributed by atoms with Crippen molar-refractivity contribution in [3.05, 3.63) is 46.2 Å². The molecule has 27 heavy (non-hydrogen) atoms. The molecular weight excluding hydrogens is 362 g/mol. The summed E-state index contributed by atoms with van der Waals surface area (Å²) in [5.41, 5.74) is 7.25. The second-order valence-corrected chi connectivity index (χ2v) is 7.95. The summed E-state index contributed by atoms with van der Waals surface area (Å²) < 4.78 is 16.6. The van der Waals surface area contributed by atoms with Crippen molar-refractivity contribution in [3.63, 3.8) is 0 Å². The summed E-state index contributed by atoms with van der Waals surface area (Å²) in [5, 5.41) is 5.32. The first-order valence-electron chi connectivity index (χ1n) is 9.29. The number of benzene rings is 1. The quantitative estimate of drug-likeness (QED) is 0.589. The molecule has 7 heteroatoms. The second-order valence-electron chi connectivity index (χ2n) is 6.92. The number of ether oxygens (including phenoxy) is 3. The van der Waals surface area contributed by atoms with Crippen LogP contribution in [0.1, 0.15) is 23.3 Å². The summed E-state index contributed by atoms with van der Waals surface area (Å²) >= 11 is 1.76. The molecule has 0 radical (unpaired) electrons. The Hall–Kier alpha value is -2.25. The molecule has 3 heterocycles. The summed E-state index contributed by atoms with van der Waals surface area (Å²) in [6.45, 7) is 3.17. The van der Waals surface area contributed by atoms with E-state index in [-0.39, 0.29) is 12.2 Å². The van der Waals surface area contributed by atoms with E-state index in [2.05, 4.69) is 40.0 Å². The summed E-state index contributed by atoms with van der Waals surface area (Å²) in [4.78, 5) is 6.01. The minimum atomic E-state index is -0.0840. The van der Waals surface area contributed by atoms with Gasteiger partial charge in [0.15, 0.2) is 17.5 Å². The van der Waals surface area contributed by atoms with Crippen LogP contribution in [-0.4, -0.2) is 39.1 Å². The van der Waals surface area contributed by atoms with Gasteiger partial charge in [0.1, 0.15) is 0 Å². The molecule has 2 aromatic rings. The van der Waals surface area contributed by atoms with Gasteiger partial charge in [-0.1, -0.05) is 12.1 Å². The maximum absolute atomic E-state index is 6.12. The van der Waals surface area contributed by atoms with Crippen molar-refractivity contribution in [2.24, 2.45) is 10.7 Å². The number of fused-ring (bicyclic) bond motifs is 1. The Kier molecular flexibility index (Phi) is 5.50. The van der Waals surface area contributed by atoms with Crippen LogP contribution in [0.25, 0.3) is 0 Å². The molecule has 1 saturated heterocycles. The van der Waals surface area contributed by atoms with Crippen molar-refractivity contribution in [3.8, 4) is 11.5 Å². The lowest BCUT2D eigenvalue weighted by Crippen LogP contribution is -2.39. The van der Waals surface area contributed by atoms with Gasteiger partial charge in [-0.05, 0) is 48.4 Å². The number of nitrogens with two attached hydrogens (primary N) is 1. The summed E-state index contributed by atoms with van der Waals surface area (Å²) in [5.74, 6) is 2.11. The van der Waals surface area contributed by atoms with Gasteiger partial charge in [0.2, 0.25) is 6.79 Å². The molecule has 1 aromatic heterocycles. The van der Waals surface area contributed by atoms with Crippen molar-refractivity contribution in [1.29, 1.82) is 0 Å². The predicted octanol–water partition coefficient (Wildman–Crippen LogP) is 2.67. The minimum Gasteiger partial charge on any atom is -0.454 e. The first-order chi connectivity index (χ1) is 13.3. The normalized spacial score (nSPS) is 18.4. The van der Waals surface area contributed by atoms with Gasteiger partial charge in [0, 0.05) is 30.1 Å². The van der Waals surface area contributed by atoms with E-state index in [4.69, 9.17) is 19.9 Å². The smallest absolute Gasteiger partial charge is 0.231 e. The minimum absolute atomic E-state index is 0.0840. The lowest BCUT2D eigenvalue weighted by molar-refractivity contribution is 0.0530. The Morgan fingerprint density at radius 2 is 2.04 bits per heavy atom. The predicted molar refractivity (Wildman–Crippen MR) is 107 cm³/mol. The van der Waals surface area contributed by atoms with Crippen LogP contribution in [-0.2, 0) is 16.6 Å². The molecule has 0 spiro atoms. The van der Waals surface area contributed by atoms with E-state index in [0.29, 0.717) is 12.5 Å². The Balaban J connectivity index is 1.43. The van der Waals surface area contributed by atoms with E-state index in [1.54, 1.807) is 11.3 Å². The fraction of sp³-hybridized carbons (Fsp3) is 0.450. The number of hydrogen-bond donors (Lipinski definition) is 2. The Labute approximate surface area is 163 Å². The molecule has 1 aromatic carbocycles. The van der Waals surface area contributed by atoms with Crippen LogP contribution in [0.3, 0.4) is 0 Å². The highest BCUT2D eigenvalue weighted by Gasteiger charge is 2.35. The topological polar surface area (TPSA) is 78.1 Å². The number of rotatable bonds is 6. The molecule has 3 N–H and O–H groups in total. The van der Waals surface area contributed by atoms with Crippen LogP contribution in [0.15, 0.2) is 40.7 Å². The molecule has 0 amide bonds. The van der Waals surface area contributed by atoms with E-state index in [9.17, 15) is 0 Å². The molecule has 144 valence electrons. The molecule has 0 saturated carbocycles. The SMILES string of the molecule is NC(=NCC1(c2ccc3c(c2)OCO3)CCOCC1)NCCc1cccs1. The Morgan fingerprint density at radius 3 is 2.85 bits per heavy atom. The monoisotopic (exact) mass is 387 g/mol. The third kappa shape index (κ3) is 4.20. The molecule has 0 bridgehead atoms. The van der Waals surface area contributed by atoms with E-state index < -0.39 is 0 Å². The van der Waals surface area contributed by atoms with Crippen LogP contribution in [0, 0.1) is 0 Å². The average molecular weight is 388 g/mol. The van der Waals surface area contributed by atoms with Crippen LogP contribution < -0.4 is 20.5 Å². The molecular formula is C20H25N3O3S. The van der Waals surface area contributed by atoms with Crippen molar-refractivity contribution in [2.75, 3.05) is 33.1 Å². The fourth-order valence-electron chi connectivity index (χ4n) is 3.59. The average Bonchev–Trinajstić information content (AvgIpc) is 3.38. The number of nitrogens with one attached hydrogen (secondary N) is 1. The van der Waals surface area contributed by atoms with Gasteiger partial charge in [0.25, 0.3) is 0 Å². The highest BCUT2D eigenvalue weighted by molar-refractivity contribution is 7.09. The molecule has 0 aliphatic carbocycles. The molecule has 1 fully saturated rings. The Morgan fingerprint density at radius 1 is 1.19 bits per heavy atom. The van der Waals surface area contributed by atoms with Gasteiger partial charge >= 0.3 is 0 Å². The summed E-state index contributed by atoms with van der Waals surface area (Å²) in [6.07, 6.45) is 2.78. The third-order valence-electron chi connectivity index (χ3n) is 5.24. The van der Waals surface area contributed by atoms with Crippen molar-refractivity contribution in [2.45, 2.75) is 24.7 Å². The van der Waals surface area contributed by atoms with Gasteiger partial charge in [-0.15, -0.1) is 11.3 Å². The van der Waals surface area contributed by atoms with E-state index in [0.717, 1.165) is 50.5 Å². The van der Waals surface area contributed by atoms with Gasteiger partial charge in [-0.3, -0.25) is 4.99 Å². The van der Waals surface area contributed by atoms with Gasteiger partial charge in [0.05, 0.1) is 6.54 Å². The van der Waals surface area contributed by atoms with E-state index >= 15 is 0 Å². The van der Waals surface area contributed by atoms with Crippen LogP contribution >= 0.6 is 11.3 Å². The molecule has 4 rings (SSSR count). The summed E-state index contributed by atoms with van der Waals surface area (Å²) in [7, 11) is 0. The summed E-state index contributed by atoms with van der Waals surface area (Å²) in [6, 6.07) is 10.4. The number of nitrogens with zero attached hydrogens (tertiary/aromatic N) is 1. The van der Waals surface area contributed by atoms with Crippen LogP contribution in [0.4, 0.5) is 0 Å². The lowest BCUT2D eigenvalue weighted by Gasteiger charge is -2.36. The van der Waals surface area contributed by atoms with Crippen molar-refractivity contribution in [1.82, 2.24) is 5.32 Å². The first-order valence-corrected chi connectivity index (χ1v) is 10.2. The zero-order chi connectivity index (χ0) is 18.5. The Bertz CT molecular complexity index is 786. The largest absolute Gasteiger partial charge is 0.454 e. The van der Waals surface area contributed by atoms with Crippen LogP contribution in [0.2, 0.25) is 0 Å². The van der Waals surface area contributed by atoms with Gasteiger partial charge < -0.3 is 25.3 Å². The van der Waals surface area contributed by atoms with Crippen molar-refractivity contribution < 1.29 is 14.2 Å². The zero-order valence-electron chi connectivity index (χ0n) is 15.3. The van der Waals surface area contributed by atoms with Gasteiger partial charge in [-0.2, -0.15) is 0 Å². The number of hydrogen-bond acceptors (Lipinski definition) is 5. The van der Waals surface area contributed by atoms with Crippen molar-refractivity contribution >= 4 is 17.3 Å².